The summed E-state index contributed by atoms with van der Waals surface area (Å²) in [6.45, 7) is 7.65. The van der Waals surface area contributed by atoms with Crippen LogP contribution in [-0.2, 0) is 4.79 Å². The second-order valence-corrected chi connectivity index (χ2v) is 5.77. The SMILES string of the molecule is CN1CCC(CNC(=O)CC(C)(C)CN)C1. The van der Waals surface area contributed by atoms with Crippen molar-refractivity contribution in [2.24, 2.45) is 17.1 Å². The maximum absolute atomic E-state index is 11.7. The first kappa shape index (κ1) is 13.5. The van der Waals surface area contributed by atoms with E-state index in [0.717, 1.165) is 19.6 Å². The van der Waals surface area contributed by atoms with E-state index in [-0.39, 0.29) is 11.3 Å². The summed E-state index contributed by atoms with van der Waals surface area (Å²) in [7, 11) is 2.12. The van der Waals surface area contributed by atoms with Gasteiger partial charge in [0.05, 0.1) is 0 Å². The van der Waals surface area contributed by atoms with Crippen LogP contribution in [0.3, 0.4) is 0 Å². The number of rotatable bonds is 5. The molecule has 1 saturated heterocycles. The molecule has 1 heterocycles. The van der Waals surface area contributed by atoms with Crippen LogP contribution in [0.1, 0.15) is 26.7 Å². The van der Waals surface area contributed by atoms with Gasteiger partial charge in [-0.05, 0) is 37.9 Å². The first-order chi connectivity index (χ1) is 7.43. The maximum Gasteiger partial charge on any atom is 0.220 e. The van der Waals surface area contributed by atoms with E-state index in [0.29, 0.717) is 18.9 Å². The third-order valence-corrected chi connectivity index (χ3v) is 3.27. The van der Waals surface area contributed by atoms with Gasteiger partial charge in [-0.2, -0.15) is 0 Å². The maximum atomic E-state index is 11.7. The van der Waals surface area contributed by atoms with Gasteiger partial charge in [-0.1, -0.05) is 13.8 Å². The number of hydrogen-bond donors (Lipinski definition) is 2. The molecule has 0 radical (unpaired) electrons. The van der Waals surface area contributed by atoms with E-state index >= 15 is 0 Å². The zero-order valence-corrected chi connectivity index (χ0v) is 10.8. The Balaban J connectivity index is 2.20. The normalized spacial score (nSPS) is 22.4. The van der Waals surface area contributed by atoms with E-state index in [4.69, 9.17) is 5.73 Å². The van der Waals surface area contributed by atoms with E-state index in [1.165, 1.54) is 6.42 Å². The molecular formula is C12H25N3O. The Morgan fingerprint density at radius 1 is 1.56 bits per heavy atom. The van der Waals surface area contributed by atoms with Crippen LogP contribution in [-0.4, -0.2) is 44.0 Å². The molecule has 1 atom stereocenters. The molecule has 0 spiro atoms. The van der Waals surface area contributed by atoms with Crippen molar-refractivity contribution in [1.29, 1.82) is 0 Å². The number of hydrogen-bond acceptors (Lipinski definition) is 3. The second kappa shape index (κ2) is 5.64. The van der Waals surface area contributed by atoms with Crippen LogP contribution in [0.25, 0.3) is 0 Å². The fraction of sp³-hybridized carbons (Fsp3) is 0.917. The largest absolute Gasteiger partial charge is 0.356 e. The Morgan fingerprint density at radius 3 is 2.75 bits per heavy atom. The summed E-state index contributed by atoms with van der Waals surface area (Å²) in [5.74, 6) is 0.750. The molecule has 0 aromatic heterocycles. The van der Waals surface area contributed by atoms with Crippen LogP contribution < -0.4 is 11.1 Å². The molecule has 1 unspecified atom stereocenters. The highest BCUT2D eigenvalue weighted by Crippen LogP contribution is 2.18. The van der Waals surface area contributed by atoms with E-state index in [9.17, 15) is 4.79 Å². The molecule has 0 saturated carbocycles. The van der Waals surface area contributed by atoms with Crippen molar-refractivity contribution >= 4 is 5.91 Å². The number of likely N-dealkylation sites (tertiary alicyclic amines) is 1. The standard InChI is InChI=1S/C12H25N3O/c1-12(2,9-13)6-11(16)14-7-10-4-5-15(3)8-10/h10H,4-9,13H2,1-3H3,(H,14,16). The lowest BCUT2D eigenvalue weighted by Gasteiger charge is -2.22. The number of carbonyl (C=O) groups is 1. The molecule has 1 amide bonds. The van der Waals surface area contributed by atoms with Gasteiger partial charge < -0.3 is 16.0 Å². The minimum Gasteiger partial charge on any atom is -0.356 e. The Kier molecular flexibility index (Phi) is 4.74. The molecule has 1 fully saturated rings. The first-order valence-corrected chi connectivity index (χ1v) is 6.08. The number of nitrogens with one attached hydrogen (secondary N) is 1. The third-order valence-electron chi connectivity index (χ3n) is 3.27. The first-order valence-electron chi connectivity index (χ1n) is 6.08. The lowest BCUT2D eigenvalue weighted by atomic mass is 9.89. The molecule has 1 aliphatic rings. The minimum absolute atomic E-state index is 0.0868. The Morgan fingerprint density at radius 2 is 2.25 bits per heavy atom. The summed E-state index contributed by atoms with van der Waals surface area (Å²) in [6, 6.07) is 0. The predicted molar refractivity (Wildman–Crippen MR) is 66.1 cm³/mol. The molecule has 94 valence electrons. The molecule has 0 aliphatic carbocycles. The zero-order chi connectivity index (χ0) is 12.2. The monoisotopic (exact) mass is 227 g/mol. The second-order valence-electron chi connectivity index (χ2n) is 5.77. The lowest BCUT2D eigenvalue weighted by molar-refractivity contribution is -0.123. The zero-order valence-electron chi connectivity index (χ0n) is 10.8. The summed E-state index contributed by atoms with van der Waals surface area (Å²) in [5.41, 5.74) is 5.52. The summed E-state index contributed by atoms with van der Waals surface area (Å²) < 4.78 is 0. The molecule has 16 heavy (non-hydrogen) atoms. The van der Waals surface area contributed by atoms with Gasteiger partial charge in [0.1, 0.15) is 0 Å². The third kappa shape index (κ3) is 4.49. The quantitative estimate of drug-likeness (QED) is 0.716. The highest BCUT2D eigenvalue weighted by Gasteiger charge is 2.22. The average Bonchev–Trinajstić information content (AvgIpc) is 2.61. The van der Waals surface area contributed by atoms with E-state index in [1.54, 1.807) is 0 Å². The average molecular weight is 227 g/mol. The van der Waals surface area contributed by atoms with Crippen molar-refractivity contribution in [3.8, 4) is 0 Å². The Bertz CT molecular complexity index is 240. The van der Waals surface area contributed by atoms with Gasteiger partial charge in [0.2, 0.25) is 5.91 Å². The van der Waals surface area contributed by atoms with Gasteiger partial charge in [-0.3, -0.25) is 4.79 Å². The van der Waals surface area contributed by atoms with Gasteiger partial charge in [0.25, 0.3) is 0 Å². The van der Waals surface area contributed by atoms with Crippen molar-refractivity contribution in [3.63, 3.8) is 0 Å². The van der Waals surface area contributed by atoms with Crippen molar-refractivity contribution in [3.05, 3.63) is 0 Å². The van der Waals surface area contributed by atoms with Gasteiger partial charge in [-0.25, -0.2) is 0 Å². The fourth-order valence-electron chi connectivity index (χ4n) is 2.02. The molecule has 1 aliphatic heterocycles. The van der Waals surface area contributed by atoms with Gasteiger partial charge in [0.15, 0.2) is 0 Å². The topological polar surface area (TPSA) is 58.4 Å². The summed E-state index contributed by atoms with van der Waals surface area (Å²) in [5, 5.41) is 3.01. The molecule has 0 bridgehead atoms. The fourth-order valence-corrected chi connectivity index (χ4v) is 2.02. The van der Waals surface area contributed by atoms with Crippen LogP contribution in [0.2, 0.25) is 0 Å². The van der Waals surface area contributed by atoms with Gasteiger partial charge in [-0.15, -0.1) is 0 Å². The van der Waals surface area contributed by atoms with E-state index < -0.39 is 0 Å². The van der Waals surface area contributed by atoms with E-state index in [1.807, 2.05) is 13.8 Å². The molecule has 1 rings (SSSR count). The Labute approximate surface area is 98.6 Å². The highest BCUT2D eigenvalue weighted by atomic mass is 16.1. The highest BCUT2D eigenvalue weighted by molar-refractivity contribution is 5.76. The number of nitrogens with two attached hydrogens (primary N) is 1. The minimum atomic E-state index is -0.0868. The molecule has 4 nitrogen and oxygen atoms in total. The predicted octanol–water partition coefficient (Wildman–Crippen LogP) is 0.429. The van der Waals surface area contributed by atoms with Crippen molar-refractivity contribution in [2.75, 3.05) is 33.2 Å². The molecule has 0 aromatic carbocycles. The number of amides is 1. The van der Waals surface area contributed by atoms with Crippen LogP contribution in [0.15, 0.2) is 0 Å². The molecule has 3 N–H and O–H groups in total. The molecule has 0 aromatic rings. The van der Waals surface area contributed by atoms with Gasteiger partial charge in [0, 0.05) is 19.5 Å². The Hall–Kier alpha value is -0.610. The van der Waals surface area contributed by atoms with Gasteiger partial charge >= 0.3 is 0 Å². The number of nitrogens with zero attached hydrogens (tertiary/aromatic N) is 1. The van der Waals surface area contributed by atoms with Crippen molar-refractivity contribution < 1.29 is 4.79 Å². The van der Waals surface area contributed by atoms with Crippen molar-refractivity contribution in [1.82, 2.24) is 10.2 Å². The summed E-state index contributed by atoms with van der Waals surface area (Å²) in [6.07, 6.45) is 1.71. The van der Waals surface area contributed by atoms with Crippen LogP contribution in [0, 0.1) is 11.3 Å². The molecular weight excluding hydrogens is 202 g/mol. The van der Waals surface area contributed by atoms with Crippen LogP contribution in [0.4, 0.5) is 0 Å². The molecule has 4 heteroatoms. The summed E-state index contributed by atoms with van der Waals surface area (Å²) in [4.78, 5) is 14.0. The summed E-state index contributed by atoms with van der Waals surface area (Å²) >= 11 is 0. The van der Waals surface area contributed by atoms with E-state index in [2.05, 4.69) is 17.3 Å². The van der Waals surface area contributed by atoms with Crippen molar-refractivity contribution in [2.45, 2.75) is 26.7 Å². The lowest BCUT2D eigenvalue weighted by Crippen LogP contribution is -2.35. The smallest absolute Gasteiger partial charge is 0.220 e. The number of carbonyl (C=O) groups excluding carboxylic acids is 1. The van der Waals surface area contributed by atoms with Crippen LogP contribution >= 0.6 is 0 Å². The van der Waals surface area contributed by atoms with Crippen LogP contribution in [0.5, 0.6) is 0 Å².